The van der Waals surface area contributed by atoms with E-state index in [1.54, 1.807) is 42.2 Å². The van der Waals surface area contributed by atoms with Crippen LogP contribution < -0.4 is 10.1 Å². The first-order valence-corrected chi connectivity index (χ1v) is 12.6. The van der Waals surface area contributed by atoms with Gasteiger partial charge in [-0.15, -0.1) is 0 Å². The molecule has 3 amide bonds. The van der Waals surface area contributed by atoms with Crippen LogP contribution in [0.1, 0.15) is 47.4 Å². The van der Waals surface area contributed by atoms with Crippen LogP contribution in [0.25, 0.3) is 0 Å². The van der Waals surface area contributed by atoms with Crippen molar-refractivity contribution in [3.05, 3.63) is 59.4 Å². The molecule has 1 saturated carbocycles. The Balaban J connectivity index is 1.66. The van der Waals surface area contributed by atoms with Gasteiger partial charge in [-0.3, -0.25) is 14.4 Å². The lowest BCUT2D eigenvalue weighted by Crippen LogP contribution is -2.48. The zero-order valence-corrected chi connectivity index (χ0v) is 21.7. The van der Waals surface area contributed by atoms with Crippen molar-refractivity contribution in [3.8, 4) is 5.75 Å². The Morgan fingerprint density at radius 3 is 2.43 bits per heavy atom. The van der Waals surface area contributed by atoms with E-state index in [0.29, 0.717) is 35.7 Å². The van der Waals surface area contributed by atoms with Crippen LogP contribution in [-0.2, 0) is 9.53 Å². The fraction of sp³-hybridized carbons (Fsp3) is 0.464. The van der Waals surface area contributed by atoms with Crippen LogP contribution in [0.3, 0.4) is 0 Å². The molecule has 1 aliphatic carbocycles. The van der Waals surface area contributed by atoms with Crippen molar-refractivity contribution in [2.24, 2.45) is 11.8 Å². The van der Waals surface area contributed by atoms with Gasteiger partial charge in [-0.25, -0.2) is 4.39 Å². The molecule has 37 heavy (non-hydrogen) atoms. The first-order valence-electron chi connectivity index (χ1n) is 12.6. The van der Waals surface area contributed by atoms with Gasteiger partial charge in [0.15, 0.2) is 0 Å². The van der Waals surface area contributed by atoms with Gasteiger partial charge in [0.05, 0.1) is 17.7 Å². The summed E-state index contributed by atoms with van der Waals surface area (Å²) >= 11 is 0. The zero-order valence-electron chi connectivity index (χ0n) is 21.7. The molecule has 3 atom stereocenters. The fourth-order valence-corrected chi connectivity index (χ4v) is 4.48. The molecule has 0 bridgehead atoms. The fourth-order valence-electron chi connectivity index (χ4n) is 4.48. The number of ether oxygens (including phenoxy) is 2. The van der Waals surface area contributed by atoms with Gasteiger partial charge in [-0.05, 0) is 56.2 Å². The van der Waals surface area contributed by atoms with E-state index >= 15 is 0 Å². The molecule has 2 aromatic carbocycles. The third-order valence-electron chi connectivity index (χ3n) is 7.01. The Morgan fingerprint density at radius 2 is 1.78 bits per heavy atom. The second-order valence-corrected chi connectivity index (χ2v) is 10.0. The van der Waals surface area contributed by atoms with Gasteiger partial charge in [0.1, 0.15) is 18.2 Å². The van der Waals surface area contributed by atoms with Crippen LogP contribution in [-0.4, -0.2) is 73.5 Å². The van der Waals surface area contributed by atoms with Gasteiger partial charge in [-0.2, -0.15) is 0 Å². The van der Waals surface area contributed by atoms with Crippen molar-refractivity contribution in [2.45, 2.75) is 38.8 Å². The lowest BCUT2D eigenvalue weighted by Gasteiger charge is -2.36. The van der Waals surface area contributed by atoms with E-state index in [4.69, 9.17) is 9.47 Å². The molecule has 1 aliphatic heterocycles. The average Bonchev–Trinajstić information content (AvgIpc) is 3.74. The summed E-state index contributed by atoms with van der Waals surface area (Å²) in [6.07, 6.45) is 1.43. The average molecular weight is 512 g/mol. The summed E-state index contributed by atoms with van der Waals surface area (Å²) in [6, 6.07) is 10.1. The van der Waals surface area contributed by atoms with E-state index in [1.165, 1.54) is 24.3 Å². The quantitative estimate of drug-likeness (QED) is 0.674. The number of carbonyl (C=O) groups excluding carboxylic acids is 3. The van der Waals surface area contributed by atoms with Crippen molar-refractivity contribution in [3.63, 3.8) is 0 Å². The molecule has 0 saturated heterocycles. The SMILES string of the molecule is CO[C@@H]1CN(C)C(=O)c2ccc(NC(=O)C3CC3)cc2OC[C@@H](C)N(C(=O)c2ccc(F)cc2)C[C@H]1C. The van der Waals surface area contributed by atoms with E-state index in [1.807, 2.05) is 13.8 Å². The Bertz CT molecular complexity index is 1150. The topological polar surface area (TPSA) is 88.2 Å². The van der Waals surface area contributed by atoms with Crippen LogP contribution in [0.2, 0.25) is 0 Å². The van der Waals surface area contributed by atoms with Crippen LogP contribution in [0.4, 0.5) is 10.1 Å². The molecular weight excluding hydrogens is 477 g/mol. The molecule has 1 fully saturated rings. The summed E-state index contributed by atoms with van der Waals surface area (Å²) in [4.78, 5) is 42.4. The number of benzene rings is 2. The maximum Gasteiger partial charge on any atom is 0.257 e. The number of fused-ring (bicyclic) bond motifs is 1. The first-order chi connectivity index (χ1) is 17.7. The highest BCUT2D eigenvalue weighted by molar-refractivity contribution is 5.99. The number of halogens is 1. The predicted octanol–water partition coefficient (Wildman–Crippen LogP) is 3.82. The normalized spacial score (nSPS) is 22.8. The predicted molar refractivity (Wildman–Crippen MR) is 137 cm³/mol. The van der Waals surface area contributed by atoms with E-state index in [2.05, 4.69) is 5.32 Å². The van der Waals surface area contributed by atoms with Crippen LogP contribution in [0, 0.1) is 17.7 Å². The number of hydrogen-bond donors (Lipinski definition) is 1. The maximum atomic E-state index is 13.5. The molecule has 0 aromatic heterocycles. The van der Waals surface area contributed by atoms with E-state index < -0.39 is 5.82 Å². The molecule has 8 nitrogen and oxygen atoms in total. The molecule has 0 spiro atoms. The summed E-state index contributed by atoms with van der Waals surface area (Å²) < 4.78 is 25.3. The molecule has 9 heteroatoms. The number of carbonyl (C=O) groups is 3. The number of hydrogen-bond acceptors (Lipinski definition) is 5. The van der Waals surface area contributed by atoms with Crippen molar-refractivity contribution in [1.29, 1.82) is 0 Å². The van der Waals surface area contributed by atoms with E-state index in [-0.39, 0.29) is 48.3 Å². The van der Waals surface area contributed by atoms with E-state index in [0.717, 1.165) is 12.8 Å². The molecule has 0 radical (unpaired) electrons. The molecule has 4 rings (SSSR count). The largest absolute Gasteiger partial charge is 0.491 e. The van der Waals surface area contributed by atoms with Gasteiger partial charge >= 0.3 is 0 Å². The highest BCUT2D eigenvalue weighted by Crippen LogP contribution is 2.32. The van der Waals surface area contributed by atoms with Gasteiger partial charge in [-0.1, -0.05) is 6.92 Å². The molecule has 0 unspecified atom stereocenters. The third-order valence-corrected chi connectivity index (χ3v) is 7.01. The van der Waals surface area contributed by atoms with Crippen molar-refractivity contribution in [1.82, 2.24) is 9.80 Å². The molecule has 2 aromatic rings. The Hall–Kier alpha value is -3.46. The first kappa shape index (κ1) is 26.6. The number of anilines is 1. The van der Waals surface area contributed by atoms with Crippen molar-refractivity contribution in [2.75, 3.05) is 39.2 Å². The Morgan fingerprint density at radius 1 is 1.08 bits per heavy atom. The molecule has 2 aliphatic rings. The minimum Gasteiger partial charge on any atom is -0.491 e. The molecule has 1 N–H and O–H groups in total. The number of nitrogens with one attached hydrogen (secondary N) is 1. The van der Waals surface area contributed by atoms with Crippen LogP contribution in [0.5, 0.6) is 5.75 Å². The van der Waals surface area contributed by atoms with Crippen molar-refractivity contribution < 1.29 is 28.2 Å². The Kier molecular flexibility index (Phi) is 8.12. The standard InChI is InChI=1S/C28H34FN3O5/c1-17-14-32(27(34)20-7-9-21(29)10-8-20)18(2)16-37-24-13-22(30-26(33)19-5-6-19)11-12-23(24)28(35)31(3)15-25(17)36-4/h7-13,17-19,25H,5-6,14-16H2,1-4H3,(H,30,33)/t17-,18-,25-/m1/s1. The second kappa shape index (κ2) is 11.3. The van der Waals surface area contributed by atoms with Crippen LogP contribution >= 0.6 is 0 Å². The van der Waals surface area contributed by atoms with E-state index in [9.17, 15) is 18.8 Å². The number of likely N-dealkylation sites (N-methyl/N-ethyl adjacent to an activating group) is 1. The monoisotopic (exact) mass is 511 g/mol. The van der Waals surface area contributed by atoms with Gasteiger partial charge < -0.3 is 24.6 Å². The number of methoxy groups -OCH3 is 1. The van der Waals surface area contributed by atoms with Crippen molar-refractivity contribution >= 4 is 23.4 Å². The summed E-state index contributed by atoms with van der Waals surface area (Å²) in [5.74, 6) is -0.670. The summed E-state index contributed by atoms with van der Waals surface area (Å²) in [5.41, 5.74) is 1.28. The summed E-state index contributed by atoms with van der Waals surface area (Å²) in [7, 11) is 3.29. The highest BCUT2D eigenvalue weighted by Gasteiger charge is 2.32. The van der Waals surface area contributed by atoms with Gasteiger partial charge in [0.2, 0.25) is 5.91 Å². The molecule has 198 valence electrons. The minimum atomic E-state index is -0.414. The zero-order chi connectivity index (χ0) is 26.7. The third kappa shape index (κ3) is 6.28. The lowest BCUT2D eigenvalue weighted by atomic mass is 10.0. The second-order valence-electron chi connectivity index (χ2n) is 10.0. The Labute approximate surface area is 216 Å². The smallest absolute Gasteiger partial charge is 0.257 e. The minimum absolute atomic E-state index is 0.0358. The lowest BCUT2D eigenvalue weighted by molar-refractivity contribution is -0.117. The summed E-state index contributed by atoms with van der Waals surface area (Å²) in [6.45, 7) is 4.61. The highest BCUT2D eigenvalue weighted by atomic mass is 19.1. The number of amides is 3. The molecule has 1 heterocycles. The number of nitrogens with zero attached hydrogens (tertiary/aromatic N) is 2. The van der Waals surface area contributed by atoms with Gasteiger partial charge in [0, 0.05) is 56.4 Å². The summed E-state index contributed by atoms with van der Waals surface area (Å²) in [5, 5.41) is 2.89. The van der Waals surface area contributed by atoms with Gasteiger partial charge in [0.25, 0.3) is 11.8 Å². The van der Waals surface area contributed by atoms with Crippen LogP contribution in [0.15, 0.2) is 42.5 Å². The maximum absolute atomic E-state index is 13.5. The molecular formula is C28H34FN3O5. The number of rotatable bonds is 4.